The van der Waals surface area contributed by atoms with Gasteiger partial charge in [0.2, 0.25) is 11.8 Å². The fraction of sp³-hybridized carbons (Fsp3) is 0.412. The summed E-state index contributed by atoms with van der Waals surface area (Å²) in [5.41, 5.74) is 7.57. The fourth-order valence-corrected chi connectivity index (χ4v) is 11.6. The van der Waals surface area contributed by atoms with E-state index in [0.29, 0.717) is 58.8 Å². The molecular weight excluding hydrogens is 879 g/mol. The lowest BCUT2D eigenvalue weighted by molar-refractivity contribution is -0.136. The van der Waals surface area contributed by atoms with Crippen molar-refractivity contribution in [2.45, 2.75) is 84.2 Å². The average molecular weight is 934 g/mol. The number of aliphatic hydroxyl groups excluding tert-OH is 1. The minimum atomic E-state index is -1.00. The first-order chi connectivity index (χ1) is 33.2. The number of anilines is 5. The number of imide groups is 2. The van der Waals surface area contributed by atoms with Crippen molar-refractivity contribution in [2.24, 2.45) is 12.5 Å². The lowest BCUT2D eigenvalue weighted by Crippen LogP contribution is -2.55. The van der Waals surface area contributed by atoms with Gasteiger partial charge in [-0.25, -0.2) is 9.97 Å². The molecule has 0 saturated carbocycles. The first kappa shape index (κ1) is 44.3. The van der Waals surface area contributed by atoms with E-state index in [1.165, 1.54) is 15.8 Å². The summed E-state index contributed by atoms with van der Waals surface area (Å²) in [6.45, 7) is 11.5. The Bertz CT molecular complexity index is 3050. The predicted molar refractivity (Wildman–Crippen MR) is 258 cm³/mol. The van der Waals surface area contributed by atoms with E-state index in [-0.39, 0.29) is 53.5 Å². The molecule has 3 fully saturated rings. The smallest absolute Gasteiger partial charge is 0.276 e. The highest BCUT2D eigenvalue weighted by Crippen LogP contribution is 2.41. The second kappa shape index (κ2) is 16.8. The predicted octanol–water partition coefficient (Wildman–Crippen LogP) is 3.86. The van der Waals surface area contributed by atoms with Crippen LogP contribution in [0.3, 0.4) is 0 Å². The van der Waals surface area contributed by atoms with E-state index in [2.05, 4.69) is 55.7 Å². The molecule has 1 aromatic carbocycles. The molecule has 6 aliphatic rings. The molecule has 11 rings (SSSR count). The maximum absolute atomic E-state index is 14.0. The van der Waals surface area contributed by atoms with Crippen LogP contribution in [0.5, 0.6) is 0 Å². The van der Waals surface area contributed by atoms with Crippen LogP contribution in [0.4, 0.5) is 28.7 Å². The Labute approximate surface area is 398 Å². The zero-order valence-corrected chi connectivity index (χ0v) is 39.2. The van der Waals surface area contributed by atoms with Gasteiger partial charge in [-0.3, -0.25) is 48.8 Å². The number of pyridine rings is 3. The number of piperazine rings is 1. The number of aliphatic hydroxyl groups is 1. The maximum atomic E-state index is 14.0. The van der Waals surface area contributed by atoms with E-state index < -0.39 is 29.7 Å². The minimum absolute atomic E-state index is 0.0734. The van der Waals surface area contributed by atoms with Crippen LogP contribution in [0, 0.1) is 5.41 Å². The first-order valence-corrected chi connectivity index (χ1v) is 23.8. The van der Waals surface area contributed by atoms with Gasteiger partial charge in [0, 0.05) is 106 Å². The summed E-state index contributed by atoms with van der Waals surface area (Å²) < 4.78 is 3.65. The van der Waals surface area contributed by atoms with Crippen molar-refractivity contribution in [3.63, 3.8) is 0 Å². The molecule has 356 valence electrons. The number of benzene rings is 1. The van der Waals surface area contributed by atoms with E-state index in [1.807, 2.05) is 30.5 Å². The first-order valence-electron chi connectivity index (χ1n) is 23.8. The van der Waals surface area contributed by atoms with Crippen molar-refractivity contribution in [3.05, 3.63) is 111 Å². The second-order valence-electron chi connectivity index (χ2n) is 20.1. The quantitative estimate of drug-likeness (QED) is 0.181. The maximum Gasteiger partial charge on any atom is 0.276 e. The van der Waals surface area contributed by atoms with E-state index >= 15 is 0 Å². The molecule has 4 aromatic heterocycles. The number of nitrogens with one attached hydrogen (secondary N) is 2. The number of rotatable bonds is 9. The number of aryl methyl sites for hydroxylation is 1. The lowest BCUT2D eigenvalue weighted by Gasteiger charge is -2.43. The standard InChI is InChI=1S/C51H55N11O7/c1-29-25-58(34-12-14-57(27-34)32-5-7-36-37(21-32)48(67)62(47(36)66)40-8-10-44(64)55-46(40)65)15-16-59(29)33-6-9-43(53-24-33)54-39-19-31(26-56(4)49(39)68)35-11-13-52-45(38(35)28-63)61-18-17-60-41(50(61)69)20-30-22-51(2,3)23-42(30)60/h5-7,9,11,13,19-21,24,26,29,34,40,63H,8,10,12,14-18,22-23,25,27-28H2,1-4H3,(H,53,54)(H,55,64,65)/t29-,34-,40?/m0/s1. The van der Waals surface area contributed by atoms with Crippen LogP contribution >= 0.6 is 0 Å². The zero-order chi connectivity index (χ0) is 48.0. The van der Waals surface area contributed by atoms with Crippen molar-refractivity contribution >= 4 is 58.2 Å². The Morgan fingerprint density at radius 3 is 2.41 bits per heavy atom. The topological polar surface area (TPSA) is 199 Å². The van der Waals surface area contributed by atoms with Gasteiger partial charge >= 0.3 is 0 Å². The van der Waals surface area contributed by atoms with Gasteiger partial charge in [-0.1, -0.05) is 13.8 Å². The molecule has 3 atom stereocenters. The van der Waals surface area contributed by atoms with Crippen molar-refractivity contribution in [3.8, 4) is 11.1 Å². The Kier molecular flexibility index (Phi) is 10.8. The molecule has 3 N–H and O–H groups in total. The third kappa shape index (κ3) is 7.65. The largest absolute Gasteiger partial charge is 0.392 e. The van der Waals surface area contributed by atoms with Gasteiger partial charge in [0.15, 0.2) is 0 Å². The third-order valence-corrected chi connectivity index (χ3v) is 15.0. The highest BCUT2D eigenvalue weighted by molar-refractivity contribution is 6.23. The van der Waals surface area contributed by atoms with Crippen molar-refractivity contribution < 1.29 is 29.1 Å². The highest BCUT2D eigenvalue weighted by Gasteiger charge is 2.45. The molecule has 69 heavy (non-hydrogen) atoms. The number of carbonyl (C=O) groups is 5. The molecule has 9 heterocycles. The summed E-state index contributed by atoms with van der Waals surface area (Å²) in [6, 6.07) is 14.2. The number of hydrogen-bond donors (Lipinski definition) is 3. The molecule has 5 aromatic rings. The average Bonchev–Trinajstić information content (AvgIpc) is 4.09. The van der Waals surface area contributed by atoms with Crippen molar-refractivity contribution in [1.82, 2.24) is 34.2 Å². The number of hydrogen-bond acceptors (Lipinski definition) is 13. The van der Waals surface area contributed by atoms with E-state index in [0.717, 1.165) is 68.3 Å². The summed E-state index contributed by atoms with van der Waals surface area (Å²) in [7, 11) is 1.68. The number of carbonyl (C=O) groups excluding carboxylic acids is 5. The number of aromatic nitrogens is 4. The molecule has 1 aliphatic carbocycles. The Hall–Kier alpha value is -7.18. The van der Waals surface area contributed by atoms with Crippen LogP contribution in [0.2, 0.25) is 0 Å². The highest BCUT2D eigenvalue weighted by atomic mass is 16.3. The van der Waals surface area contributed by atoms with Crippen molar-refractivity contribution in [2.75, 3.05) is 59.3 Å². The number of nitrogens with zero attached hydrogens (tertiary/aromatic N) is 9. The lowest BCUT2D eigenvalue weighted by atomic mass is 9.90. The Balaban J connectivity index is 0.735. The molecule has 0 bridgehead atoms. The van der Waals surface area contributed by atoms with Crippen LogP contribution in [0.1, 0.15) is 88.1 Å². The summed E-state index contributed by atoms with van der Waals surface area (Å²) in [5.74, 6) is -1.27. The Morgan fingerprint density at radius 1 is 0.826 bits per heavy atom. The molecule has 18 nitrogen and oxygen atoms in total. The monoisotopic (exact) mass is 933 g/mol. The molecule has 5 aliphatic heterocycles. The minimum Gasteiger partial charge on any atom is -0.392 e. The third-order valence-electron chi connectivity index (χ3n) is 15.0. The molecular formula is C51H55N11O7. The summed E-state index contributed by atoms with van der Waals surface area (Å²) in [4.78, 5) is 97.6. The van der Waals surface area contributed by atoms with E-state index in [1.54, 1.807) is 48.6 Å². The van der Waals surface area contributed by atoms with Crippen LogP contribution in [-0.2, 0) is 42.6 Å². The zero-order valence-electron chi connectivity index (χ0n) is 39.2. The summed E-state index contributed by atoms with van der Waals surface area (Å²) >= 11 is 0. The van der Waals surface area contributed by atoms with Crippen LogP contribution in [-0.4, -0.2) is 121 Å². The molecule has 18 heteroatoms. The van der Waals surface area contributed by atoms with E-state index in [4.69, 9.17) is 4.98 Å². The van der Waals surface area contributed by atoms with Crippen LogP contribution < -0.4 is 30.9 Å². The number of piperidine rings is 1. The fourth-order valence-electron chi connectivity index (χ4n) is 11.6. The second-order valence-corrected chi connectivity index (χ2v) is 20.1. The van der Waals surface area contributed by atoms with Gasteiger partial charge in [0.25, 0.3) is 23.3 Å². The summed E-state index contributed by atoms with van der Waals surface area (Å²) in [5, 5.41) is 16.3. The molecule has 0 radical (unpaired) electrons. The van der Waals surface area contributed by atoms with Gasteiger partial charge < -0.3 is 29.4 Å². The van der Waals surface area contributed by atoms with E-state index in [9.17, 15) is 33.9 Å². The Morgan fingerprint density at radius 2 is 1.64 bits per heavy atom. The van der Waals surface area contributed by atoms with Gasteiger partial charge in [0.05, 0.1) is 29.6 Å². The van der Waals surface area contributed by atoms with Gasteiger partial charge in [0.1, 0.15) is 29.1 Å². The van der Waals surface area contributed by atoms with Crippen LogP contribution in [0.25, 0.3) is 11.1 Å². The molecule has 1 unspecified atom stereocenters. The van der Waals surface area contributed by atoms with Gasteiger partial charge in [-0.2, -0.15) is 0 Å². The van der Waals surface area contributed by atoms with Gasteiger partial charge in [-0.15, -0.1) is 0 Å². The molecule has 3 saturated heterocycles. The normalized spacial score (nSPS) is 22.3. The van der Waals surface area contributed by atoms with Crippen molar-refractivity contribution in [1.29, 1.82) is 0 Å². The molecule has 0 spiro atoms. The van der Waals surface area contributed by atoms with Gasteiger partial charge in [-0.05, 0) is 97.7 Å². The number of fused-ring (bicyclic) bond motifs is 4. The SMILES string of the molecule is C[C@H]1CN([C@H]2CCN(c3ccc4c(c3)C(=O)N(C3CCC(=O)NC3=O)C4=O)C2)CCN1c1ccc(Nc2cc(-c3ccnc(N4CCn5c(cc6c5CC(C)(C)C6)C4=O)c3CO)cn(C)c2=O)nc1. The summed E-state index contributed by atoms with van der Waals surface area (Å²) in [6.07, 6.45) is 8.19. The van der Waals surface area contributed by atoms with Crippen LogP contribution in [0.15, 0.2) is 71.9 Å². The number of amides is 5. The molecule has 5 amide bonds.